The van der Waals surface area contributed by atoms with Crippen LogP contribution in [0.1, 0.15) is 6.42 Å². The Morgan fingerprint density at radius 3 is 2.00 bits per heavy atom. The van der Waals surface area contributed by atoms with Crippen LogP contribution in [-0.2, 0) is 15.2 Å². The Morgan fingerprint density at radius 2 is 1.67 bits per heavy atom. The molecule has 92 valence electrons. The molecule has 0 spiro atoms. The highest BCUT2D eigenvalue weighted by Gasteiger charge is 2.30. The van der Waals surface area contributed by atoms with Gasteiger partial charge in [0, 0.05) is 11.5 Å². The van der Waals surface area contributed by atoms with Crippen molar-refractivity contribution in [2.24, 2.45) is 11.1 Å². The van der Waals surface area contributed by atoms with Crippen LogP contribution in [-0.4, -0.2) is 56.2 Å². The van der Waals surface area contributed by atoms with Gasteiger partial charge in [-0.3, -0.25) is 4.18 Å². The molecule has 0 aromatic heterocycles. The van der Waals surface area contributed by atoms with E-state index in [0.29, 0.717) is 0 Å². The quantitative estimate of drug-likeness (QED) is 0.291. The molecule has 0 aliphatic carbocycles. The van der Waals surface area contributed by atoms with Crippen LogP contribution in [0.4, 0.5) is 0 Å². The first-order valence-corrected chi connectivity index (χ1v) is 5.44. The van der Waals surface area contributed by atoms with E-state index in [1.807, 2.05) is 0 Å². The Balaban J connectivity index is 4.16. The number of thiol groups is 1. The van der Waals surface area contributed by atoms with Crippen molar-refractivity contribution in [3.8, 4) is 0 Å². The number of rotatable bonds is 8. The van der Waals surface area contributed by atoms with Gasteiger partial charge < -0.3 is 21.1 Å². The van der Waals surface area contributed by atoms with Gasteiger partial charge in [0.1, 0.15) is 0 Å². The van der Waals surface area contributed by atoms with E-state index in [1.54, 1.807) is 0 Å². The summed E-state index contributed by atoms with van der Waals surface area (Å²) in [5.74, 6) is 0. The van der Waals surface area contributed by atoms with Gasteiger partial charge in [0.05, 0.1) is 26.4 Å². The van der Waals surface area contributed by atoms with Crippen molar-refractivity contribution in [1.29, 1.82) is 0 Å². The SMILES string of the molecule is NC(CO[SH](=O)=O)CC(CO)(CO)CO. The minimum Gasteiger partial charge on any atom is -0.396 e. The van der Waals surface area contributed by atoms with Gasteiger partial charge in [-0.2, -0.15) is 0 Å². The summed E-state index contributed by atoms with van der Waals surface area (Å²) < 4.78 is 24.4. The largest absolute Gasteiger partial charge is 0.396 e. The Labute approximate surface area is 89.6 Å². The van der Waals surface area contributed by atoms with Crippen molar-refractivity contribution >= 4 is 11.0 Å². The fourth-order valence-electron chi connectivity index (χ4n) is 1.12. The molecule has 8 heteroatoms. The third-order valence-electron chi connectivity index (χ3n) is 2.10. The lowest BCUT2D eigenvalue weighted by Crippen LogP contribution is -2.41. The van der Waals surface area contributed by atoms with Crippen LogP contribution in [0.2, 0.25) is 0 Å². The summed E-state index contributed by atoms with van der Waals surface area (Å²) in [5.41, 5.74) is 4.41. The zero-order valence-corrected chi connectivity index (χ0v) is 9.10. The van der Waals surface area contributed by atoms with Crippen LogP contribution in [0.3, 0.4) is 0 Å². The van der Waals surface area contributed by atoms with E-state index in [4.69, 9.17) is 21.1 Å². The molecule has 5 N–H and O–H groups in total. The molecule has 0 aliphatic heterocycles. The summed E-state index contributed by atoms with van der Waals surface area (Å²) in [7, 11) is -2.95. The molecule has 1 unspecified atom stereocenters. The van der Waals surface area contributed by atoms with E-state index in [9.17, 15) is 8.42 Å². The molecule has 0 saturated carbocycles. The smallest absolute Gasteiger partial charge is 0.257 e. The summed E-state index contributed by atoms with van der Waals surface area (Å²) in [6.45, 7) is -1.54. The van der Waals surface area contributed by atoms with Gasteiger partial charge in [-0.1, -0.05) is 0 Å². The molecule has 0 bridgehead atoms. The molecule has 15 heavy (non-hydrogen) atoms. The van der Waals surface area contributed by atoms with Gasteiger partial charge in [0.25, 0.3) is 11.0 Å². The maximum atomic E-state index is 10.1. The van der Waals surface area contributed by atoms with E-state index >= 15 is 0 Å². The fraction of sp³-hybridized carbons (Fsp3) is 1.00. The van der Waals surface area contributed by atoms with Gasteiger partial charge in [-0.25, -0.2) is 8.42 Å². The first-order chi connectivity index (χ1) is 6.99. The molecule has 0 radical (unpaired) electrons. The second kappa shape index (κ2) is 7.09. The summed E-state index contributed by atoms with van der Waals surface area (Å²) in [5, 5.41) is 26.9. The molecule has 0 fully saturated rings. The normalized spacial score (nSPS) is 14.5. The summed E-state index contributed by atoms with van der Waals surface area (Å²) in [6, 6.07) is -0.677. The molecule has 0 aliphatic rings. The number of aliphatic hydroxyl groups is 3. The molecule has 0 aromatic carbocycles. The molecule has 0 amide bonds. The van der Waals surface area contributed by atoms with Gasteiger partial charge in [-0.05, 0) is 6.42 Å². The molecule has 0 heterocycles. The topological polar surface area (TPSA) is 130 Å². The van der Waals surface area contributed by atoms with Crippen LogP contribution < -0.4 is 5.73 Å². The highest BCUT2D eigenvalue weighted by Crippen LogP contribution is 2.21. The highest BCUT2D eigenvalue weighted by atomic mass is 32.2. The molecule has 7 nitrogen and oxygen atoms in total. The highest BCUT2D eigenvalue weighted by molar-refractivity contribution is 7.67. The monoisotopic (exact) mass is 243 g/mol. The Hall–Kier alpha value is -0.250. The molecular formula is C7H17NO6S. The van der Waals surface area contributed by atoms with Gasteiger partial charge in [0.2, 0.25) is 0 Å². The number of aliphatic hydroxyl groups excluding tert-OH is 3. The summed E-state index contributed by atoms with van der Waals surface area (Å²) in [6.07, 6.45) is 0.0691. The van der Waals surface area contributed by atoms with E-state index < -0.39 is 42.3 Å². The van der Waals surface area contributed by atoms with Crippen LogP contribution >= 0.6 is 0 Å². The minimum absolute atomic E-state index is 0.0691. The van der Waals surface area contributed by atoms with Crippen molar-refractivity contribution in [2.45, 2.75) is 12.5 Å². The van der Waals surface area contributed by atoms with Crippen LogP contribution in [0.5, 0.6) is 0 Å². The van der Waals surface area contributed by atoms with Crippen molar-refractivity contribution in [3.63, 3.8) is 0 Å². The lowest BCUT2D eigenvalue weighted by atomic mass is 9.84. The lowest BCUT2D eigenvalue weighted by Gasteiger charge is -2.29. The third kappa shape index (κ3) is 5.40. The van der Waals surface area contributed by atoms with Crippen molar-refractivity contribution in [3.05, 3.63) is 0 Å². The standard InChI is InChI=1S/C7H17NO6S/c8-6(2-14-15(12)13)1-7(3-9,4-10)5-11/h6,9-11,15H,1-5,8H2. The van der Waals surface area contributed by atoms with Crippen LogP contribution in [0.15, 0.2) is 0 Å². The predicted octanol–water partition coefficient (Wildman–Crippen LogP) is -2.79. The molecule has 0 aromatic rings. The third-order valence-corrected chi connectivity index (χ3v) is 2.46. The van der Waals surface area contributed by atoms with Gasteiger partial charge >= 0.3 is 0 Å². The van der Waals surface area contributed by atoms with Crippen molar-refractivity contribution < 1.29 is 27.9 Å². The van der Waals surface area contributed by atoms with Gasteiger partial charge in [0.15, 0.2) is 0 Å². The number of hydrogen-bond acceptors (Lipinski definition) is 7. The number of nitrogens with two attached hydrogens (primary N) is 1. The average Bonchev–Trinajstić information content (AvgIpc) is 2.23. The second-order valence-electron chi connectivity index (χ2n) is 3.46. The predicted molar refractivity (Wildman–Crippen MR) is 52.5 cm³/mol. The Morgan fingerprint density at radius 1 is 1.20 bits per heavy atom. The first-order valence-electron chi connectivity index (χ1n) is 4.35. The van der Waals surface area contributed by atoms with E-state index in [2.05, 4.69) is 4.18 Å². The Bertz CT molecular complexity index is 223. The van der Waals surface area contributed by atoms with Crippen LogP contribution in [0, 0.1) is 5.41 Å². The zero-order chi connectivity index (χ0) is 11.9. The molecule has 0 rings (SSSR count). The maximum absolute atomic E-state index is 10.1. The molecule has 1 atom stereocenters. The maximum Gasteiger partial charge on any atom is 0.257 e. The second-order valence-corrected chi connectivity index (χ2v) is 4.16. The first kappa shape index (κ1) is 14.8. The van der Waals surface area contributed by atoms with Crippen LogP contribution in [0.25, 0.3) is 0 Å². The lowest BCUT2D eigenvalue weighted by molar-refractivity contribution is -0.00757. The average molecular weight is 243 g/mol. The summed E-state index contributed by atoms with van der Waals surface area (Å²) in [4.78, 5) is 0. The number of hydrogen-bond donors (Lipinski definition) is 5. The molecule has 0 saturated heterocycles. The zero-order valence-electron chi connectivity index (χ0n) is 8.20. The fourth-order valence-corrected chi connectivity index (χ4v) is 1.43. The Kier molecular flexibility index (Phi) is 6.98. The molecular weight excluding hydrogens is 226 g/mol. The summed E-state index contributed by atoms with van der Waals surface area (Å²) >= 11 is 0. The van der Waals surface area contributed by atoms with E-state index in [1.165, 1.54) is 0 Å². The van der Waals surface area contributed by atoms with Crippen molar-refractivity contribution in [1.82, 2.24) is 0 Å². The van der Waals surface area contributed by atoms with Crippen molar-refractivity contribution in [2.75, 3.05) is 26.4 Å². The van der Waals surface area contributed by atoms with E-state index in [-0.39, 0.29) is 13.0 Å². The van der Waals surface area contributed by atoms with E-state index in [0.717, 1.165) is 0 Å². The van der Waals surface area contributed by atoms with Gasteiger partial charge in [-0.15, -0.1) is 0 Å². The minimum atomic E-state index is -2.95.